The lowest BCUT2D eigenvalue weighted by Gasteiger charge is -2.25. The van der Waals surface area contributed by atoms with Gasteiger partial charge < -0.3 is 9.84 Å². The molecule has 0 radical (unpaired) electrons. The number of ether oxygens (including phenoxy) is 1. The molecular formula is C23H26F2N4O5S. The van der Waals surface area contributed by atoms with Gasteiger partial charge in [-0.1, -0.05) is 13.8 Å². The number of hydrogen-bond acceptors (Lipinski definition) is 6. The van der Waals surface area contributed by atoms with E-state index in [4.69, 9.17) is 9.88 Å². The van der Waals surface area contributed by atoms with Crippen molar-refractivity contribution < 1.29 is 31.8 Å². The summed E-state index contributed by atoms with van der Waals surface area (Å²) in [7, 11) is -3.92. The molecule has 3 N–H and O–H groups in total. The molecule has 0 bridgehead atoms. The van der Waals surface area contributed by atoms with Crippen LogP contribution >= 0.6 is 0 Å². The average molecular weight is 509 g/mol. The molecule has 9 nitrogen and oxygen atoms in total. The largest absolute Gasteiger partial charge is 0.481 e. The van der Waals surface area contributed by atoms with E-state index >= 15 is 0 Å². The number of carboxylic acid groups (broad SMARTS) is 1. The molecule has 35 heavy (non-hydrogen) atoms. The van der Waals surface area contributed by atoms with Gasteiger partial charge in [-0.3, -0.25) is 9.48 Å². The SMILES string of the molecule is CC(C)c1cc(F)c(F)c(-c2ccnc(OCC(C)(C)n3cc(S(N)(=O)=O)cn3)c2)c1CC(=O)O. The van der Waals surface area contributed by atoms with E-state index in [0.29, 0.717) is 5.56 Å². The van der Waals surface area contributed by atoms with E-state index in [1.165, 1.54) is 29.2 Å². The smallest absolute Gasteiger partial charge is 0.307 e. The Kier molecular flexibility index (Phi) is 7.27. The van der Waals surface area contributed by atoms with Crippen LogP contribution in [0.4, 0.5) is 8.78 Å². The number of nitrogens with two attached hydrogens (primary N) is 1. The predicted octanol–water partition coefficient (Wildman–Crippen LogP) is 3.44. The number of carboxylic acids is 1. The molecule has 3 rings (SSSR count). The van der Waals surface area contributed by atoms with Crippen LogP contribution in [-0.2, 0) is 26.8 Å². The quantitative estimate of drug-likeness (QED) is 0.452. The van der Waals surface area contributed by atoms with E-state index in [1.54, 1.807) is 27.7 Å². The van der Waals surface area contributed by atoms with E-state index < -0.39 is 39.6 Å². The van der Waals surface area contributed by atoms with Gasteiger partial charge in [-0.15, -0.1) is 0 Å². The second kappa shape index (κ2) is 9.70. The lowest BCUT2D eigenvalue weighted by Crippen LogP contribution is -2.34. The fourth-order valence-corrected chi connectivity index (χ4v) is 4.03. The van der Waals surface area contributed by atoms with E-state index in [0.717, 1.165) is 12.3 Å². The first-order valence-corrected chi connectivity index (χ1v) is 12.1. The highest BCUT2D eigenvalue weighted by atomic mass is 32.2. The summed E-state index contributed by atoms with van der Waals surface area (Å²) in [5.41, 5.74) is -0.211. The van der Waals surface area contributed by atoms with E-state index in [-0.39, 0.29) is 40.0 Å². The maximum atomic E-state index is 15.0. The van der Waals surface area contributed by atoms with E-state index in [9.17, 15) is 27.1 Å². The number of sulfonamides is 1. The summed E-state index contributed by atoms with van der Waals surface area (Å²) < 4.78 is 59.6. The lowest BCUT2D eigenvalue weighted by molar-refractivity contribution is -0.136. The molecule has 0 atom stereocenters. The summed E-state index contributed by atoms with van der Waals surface area (Å²) >= 11 is 0. The maximum absolute atomic E-state index is 15.0. The van der Waals surface area contributed by atoms with Crippen molar-refractivity contribution in [1.82, 2.24) is 14.8 Å². The van der Waals surface area contributed by atoms with Crippen LogP contribution in [0.2, 0.25) is 0 Å². The van der Waals surface area contributed by atoms with Crippen molar-refractivity contribution >= 4 is 16.0 Å². The third-order valence-corrected chi connectivity index (χ3v) is 6.28. The van der Waals surface area contributed by atoms with Crippen LogP contribution in [0.15, 0.2) is 41.7 Å². The van der Waals surface area contributed by atoms with Crippen molar-refractivity contribution in [2.24, 2.45) is 5.14 Å². The molecule has 0 aliphatic carbocycles. The molecule has 0 amide bonds. The third kappa shape index (κ3) is 5.82. The molecule has 0 fully saturated rings. The van der Waals surface area contributed by atoms with Crippen LogP contribution in [0.1, 0.15) is 44.7 Å². The van der Waals surface area contributed by atoms with Crippen molar-refractivity contribution in [3.63, 3.8) is 0 Å². The van der Waals surface area contributed by atoms with Crippen molar-refractivity contribution in [2.45, 2.75) is 50.5 Å². The van der Waals surface area contributed by atoms with Crippen LogP contribution in [-0.4, -0.2) is 40.9 Å². The lowest BCUT2D eigenvalue weighted by atomic mass is 9.88. The average Bonchev–Trinajstić information content (AvgIpc) is 3.27. The number of nitrogens with zero attached hydrogens (tertiary/aromatic N) is 3. The minimum absolute atomic E-state index is 0.0138. The van der Waals surface area contributed by atoms with Crippen LogP contribution in [0.5, 0.6) is 5.88 Å². The summed E-state index contributed by atoms with van der Waals surface area (Å²) in [6, 6.07) is 3.86. The van der Waals surface area contributed by atoms with Gasteiger partial charge in [0.25, 0.3) is 0 Å². The molecule has 188 valence electrons. The van der Waals surface area contributed by atoms with Gasteiger partial charge in [0.1, 0.15) is 11.5 Å². The Morgan fingerprint density at radius 1 is 1.29 bits per heavy atom. The Morgan fingerprint density at radius 3 is 2.54 bits per heavy atom. The number of pyridine rings is 1. The normalized spacial score (nSPS) is 12.2. The fraction of sp³-hybridized carbons (Fsp3) is 0.348. The number of primary sulfonamides is 1. The first-order valence-electron chi connectivity index (χ1n) is 10.6. The predicted molar refractivity (Wildman–Crippen MR) is 123 cm³/mol. The van der Waals surface area contributed by atoms with Crippen molar-refractivity contribution in [2.75, 3.05) is 6.61 Å². The van der Waals surface area contributed by atoms with Gasteiger partial charge in [0.15, 0.2) is 11.6 Å². The number of hydrogen-bond donors (Lipinski definition) is 2. The van der Waals surface area contributed by atoms with Crippen LogP contribution in [0.3, 0.4) is 0 Å². The number of rotatable bonds is 9. The number of halogens is 2. The molecule has 2 heterocycles. The van der Waals surface area contributed by atoms with Gasteiger partial charge in [0, 0.05) is 24.0 Å². The number of carbonyl (C=O) groups is 1. The highest BCUT2D eigenvalue weighted by Gasteiger charge is 2.26. The van der Waals surface area contributed by atoms with Crippen LogP contribution in [0.25, 0.3) is 11.1 Å². The minimum Gasteiger partial charge on any atom is -0.481 e. The fourth-order valence-electron chi connectivity index (χ4n) is 3.59. The maximum Gasteiger partial charge on any atom is 0.307 e. The zero-order valence-electron chi connectivity index (χ0n) is 19.6. The van der Waals surface area contributed by atoms with Crippen molar-refractivity contribution in [1.29, 1.82) is 0 Å². The first kappa shape index (κ1) is 26.2. The topological polar surface area (TPSA) is 137 Å². The van der Waals surface area contributed by atoms with Crippen LogP contribution < -0.4 is 9.88 Å². The second-order valence-corrected chi connectivity index (χ2v) is 10.6. The third-order valence-electron chi connectivity index (χ3n) is 5.42. The summed E-state index contributed by atoms with van der Waals surface area (Å²) in [6.07, 6.45) is 3.25. The summed E-state index contributed by atoms with van der Waals surface area (Å²) in [5.74, 6) is -3.58. The van der Waals surface area contributed by atoms with Crippen LogP contribution in [0, 0.1) is 11.6 Å². The molecule has 1 aromatic carbocycles. The van der Waals surface area contributed by atoms with E-state index in [1.807, 2.05) is 0 Å². The molecule has 12 heteroatoms. The molecule has 0 saturated heterocycles. The Labute approximate surface area is 201 Å². The molecule has 0 aliphatic heterocycles. The molecule has 3 aromatic rings. The highest BCUT2D eigenvalue weighted by molar-refractivity contribution is 7.89. The summed E-state index contributed by atoms with van der Waals surface area (Å²) in [5, 5.41) is 18.5. The number of aromatic nitrogens is 3. The zero-order valence-corrected chi connectivity index (χ0v) is 20.4. The Hall–Kier alpha value is -3.38. The Morgan fingerprint density at radius 2 is 1.97 bits per heavy atom. The molecule has 2 aromatic heterocycles. The van der Waals surface area contributed by atoms with Gasteiger partial charge in [-0.2, -0.15) is 5.10 Å². The van der Waals surface area contributed by atoms with Gasteiger partial charge in [-0.25, -0.2) is 27.3 Å². The minimum atomic E-state index is -3.92. The molecule has 0 aliphatic rings. The number of benzene rings is 1. The summed E-state index contributed by atoms with van der Waals surface area (Å²) in [6.45, 7) is 7.00. The van der Waals surface area contributed by atoms with Gasteiger partial charge in [-0.05, 0) is 48.6 Å². The van der Waals surface area contributed by atoms with Crippen molar-refractivity contribution in [3.05, 3.63) is 59.6 Å². The van der Waals surface area contributed by atoms with E-state index in [2.05, 4.69) is 10.1 Å². The monoisotopic (exact) mass is 508 g/mol. The van der Waals surface area contributed by atoms with Gasteiger partial charge in [0.2, 0.25) is 15.9 Å². The Bertz CT molecular complexity index is 1370. The summed E-state index contributed by atoms with van der Waals surface area (Å²) in [4.78, 5) is 15.4. The molecule has 0 spiro atoms. The molecule has 0 saturated carbocycles. The molecular weight excluding hydrogens is 482 g/mol. The molecule has 0 unspecified atom stereocenters. The first-order chi connectivity index (χ1) is 16.2. The van der Waals surface area contributed by atoms with Gasteiger partial charge >= 0.3 is 5.97 Å². The van der Waals surface area contributed by atoms with Crippen molar-refractivity contribution in [3.8, 4) is 17.0 Å². The second-order valence-electron chi connectivity index (χ2n) is 8.99. The van der Waals surface area contributed by atoms with Gasteiger partial charge in [0.05, 0.1) is 18.2 Å². The standard InChI is InChI=1S/C23H26F2N4O5S/c1-13(2)16-8-18(24)22(25)21(17(16)9-20(30)31)14-5-6-27-19(7-14)34-12-23(3,4)29-11-15(10-28-29)35(26,32)33/h5-8,10-11,13H,9,12H2,1-4H3,(H,30,31)(H2,26,32,33). The zero-order chi connectivity index (χ0) is 26.1. The number of aliphatic carboxylic acids is 1. The Balaban J connectivity index is 1.96. The highest BCUT2D eigenvalue weighted by Crippen LogP contribution is 2.36.